The van der Waals surface area contributed by atoms with Crippen LogP contribution >= 0.6 is 0 Å². The molecule has 1 aliphatic heterocycles. The van der Waals surface area contributed by atoms with Gasteiger partial charge in [-0.25, -0.2) is 12.7 Å². The van der Waals surface area contributed by atoms with E-state index in [1.54, 1.807) is 24.5 Å². The van der Waals surface area contributed by atoms with Gasteiger partial charge in [0.15, 0.2) is 5.78 Å². The van der Waals surface area contributed by atoms with Gasteiger partial charge in [0.25, 0.3) is 5.91 Å². The molecule has 1 aromatic heterocycles. The first-order valence-electron chi connectivity index (χ1n) is 10.2. The Hall–Kier alpha value is -2.95. The van der Waals surface area contributed by atoms with Gasteiger partial charge in [0.05, 0.1) is 38.1 Å². The number of hydrogen-bond donors (Lipinski definition) is 1. The van der Waals surface area contributed by atoms with Crippen molar-refractivity contribution in [2.24, 2.45) is 5.92 Å². The molecule has 1 fully saturated rings. The van der Waals surface area contributed by atoms with Crippen molar-refractivity contribution >= 4 is 27.5 Å². The number of nitrogens with zero attached hydrogens (tertiary/aromatic N) is 3. The molecule has 0 spiro atoms. The van der Waals surface area contributed by atoms with E-state index in [2.05, 4.69) is 4.98 Å². The van der Waals surface area contributed by atoms with E-state index in [4.69, 9.17) is 0 Å². The molecule has 0 aliphatic carbocycles. The van der Waals surface area contributed by atoms with Crippen LogP contribution in [0.1, 0.15) is 22.0 Å². The number of carbonyl (C=O) groups excluding carboxylic acids is 3. The van der Waals surface area contributed by atoms with Crippen LogP contribution in [-0.2, 0) is 19.6 Å². The standard InChI is InChI=1S/C22H26N4O5S/c1-24(2)12-13-26-19(16-6-5-11-23-14-16)18(21(28)22(26)29)20(27)15-7-9-17(10-8-15)32(30,31)25(3)4/h5-11,14,18-19H,12-13H2,1-4H3/p+1. The first-order valence-corrected chi connectivity index (χ1v) is 11.6. The quantitative estimate of drug-likeness (QED) is 0.322. The van der Waals surface area contributed by atoms with Gasteiger partial charge in [-0.05, 0) is 23.8 Å². The Bertz CT molecular complexity index is 1110. The second-order valence-corrected chi connectivity index (χ2v) is 10.4. The third-order valence-corrected chi connectivity index (χ3v) is 7.31. The molecular formula is C22H27N4O5S+. The van der Waals surface area contributed by atoms with Crippen LogP contribution in [0.15, 0.2) is 53.7 Å². The minimum absolute atomic E-state index is 0.0345. The van der Waals surface area contributed by atoms with Crippen LogP contribution < -0.4 is 4.90 Å². The number of likely N-dealkylation sites (tertiary alicyclic amines) is 1. The molecule has 32 heavy (non-hydrogen) atoms. The van der Waals surface area contributed by atoms with Gasteiger partial charge in [-0.1, -0.05) is 18.2 Å². The molecule has 1 saturated heterocycles. The highest BCUT2D eigenvalue weighted by molar-refractivity contribution is 7.89. The number of Topliss-reactive ketones (excluding diaryl/α,β-unsaturated/α-hetero) is 2. The van der Waals surface area contributed by atoms with Crippen molar-refractivity contribution in [3.8, 4) is 0 Å². The molecule has 1 aromatic carbocycles. The zero-order valence-corrected chi connectivity index (χ0v) is 19.3. The number of carbonyl (C=O) groups is 3. The van der Waals surface area contributed by atoms with Gasteiger partial charge in [-0.2, -0.15) is 0 Å². The third kappa shape index (κ3) is 4.47. The minimum Gasteiger partial charge on any atom is -0.338 e. The molecule has 0 radical (unpaired) electrons. The lowest BCUT2D eigenvalue weighted by Crippen LogP contribution is -3.06. The molecule has 2 heterocycles. The first kappa shape index (κ1) is 23.7. The summed E-state index contributed by atoms with van der Waals surface area (Å²) in [6.45, 7) is 0.921. The van der Waals surface area contributed by atoms with E-state index in [9.17, 15) is 22.8 Å². The predicted octanol–water partition coefficient (Wildman–Crippen LogP) is -0.572. The van der Waals surface area contributed by atoms with Crippen molar-refractivity contribution in [3.05, 3.63) is 59.9 Å². The van der Waals surface area contributed by atoms with Gasteiger partial charge in [0.2, 0.25) is 15.8 Å². The maximum absolute atomic E-state index is 13.4. The number of amides is 1. The highest BCUT2D eigenvalue weighted by Crippen LogP contribution is 2.37. The zero-order valence-electron chi connectivity index (χ0n) is 18.5. The maximum atomic E-state index is 13.4. The summed E-state index contributed by atoms with van der Waals surface area (Å²) in [7, 11) is 3.05. The Labute approximate surface area is 187 Å². The van der Waals surface area contributed by atoms with Crippen molar-refractivity contribution in [2.75, 3.05) is 41.3 Å². The van der Waals surface area contributed by atoms with Crippen molar-refractivity contribution in [2.45, 2.75) is 10.9 Å². The largest absolute Gasteiger partial charge is 0.338 e. The van der Waals surface area contributed by atoms with Crippen LogP contribution in [0.3, 0.4) is 0 Å². The Morgan fingerprint density at radius 2 is 1.78 bits per heavy atom. The van der Waals surface area contributed by atoms with E-state index < -0.39 is 39.5 Å². The summed E-state index contributed by atoms with van der Waals surface area (Å²) >= 11 is 0. The molecule has 10 heteroatoms. The summed E-state index contributed by atoms with van der Waals surface area (Å²) in [5.74, 6) is -3.20. The summed E-state index contributed by atoms with van der Waals surface area (Å²) in [5.41, 5.74) is 0.772. The SMILES string of the molecule is CN(C)S(=O)(=O)c1ccc(C(=O)C2C(=O)C(=O)N(CC[NH+](C)C)C2c2cccnc2)cc1. The average molecular weight is 460 g/mol. The highest BCUT2D eigenvalue weighted by atomic mass is 32.2. The van der Waals surface area contributed by atoms with Crippen LogP contribution in [0, 0.1) is 5.92 Å². The molecule has 9 nitrogen and oxygen atoms in total. The van der Waals surface area contributed by atoms with E-state index in [1.165, 1.54) is 43.3 Å². The number of benzene rings is 1. The molecule has 0 bridgehead atoms. The summed E-state index contributed by atoms with van der Waals surface area (Å²) in [4.78, 5) is 45.8. The summed E-state index contributed by atoms with van der Waals surface area (Å²) < 4.78 is 25.7. The van der Waals surface area contributed by atoms with Crippen molar-refractivity contribution in [3.63, 3.8) is 0 Å². The van der Waals surface area contributed by atoms with E-state index >= 15 is 0 Å². The van der Waals surface area contributed by atoms with E-state index in [0.29, 0.717) is 18.7 Å². The molecule has 1 amide bonds. The molecule has 2 unspecified atom stereocenters. The fourth-order valence-corrected chi connectivity index (χ4v) is 4.58. The van der Waals surface area contributed by atoms with E-state index in [-0.39, 0.29) is 10.5 Å². The van der Waals surface area contributed by atoms with Crippen LogP contribution in [0.2, 0.25) is 0 Å². The number of rotatable bonds is 8. The van der Waals surface area contributed by atoms with Gasteiger partial charge in [-0.3, -0.25) is 19.4 Å². The number of sulfonamides is 1. The number of aromatic nitrogens is 1. The van der Waals surface area contributed by atoms with Gasteiger partial charge in [0.1, 0.15) is 5.92 Å². The van der Waals surface area contributed by atoms with Crippen molar-refractivity contribution < 1.29 is 27.7 Å². The van der Waals surface area contributed by atoms with E-state index in [1.807, 2.05) is 14.1 Å². The predicted molar refractivity (Wildman–Crippen MR) is 117 cm³/mol. The number of hydrogen-bond acceptors (Lipinski definition) is 6. The van der Waals surface area contributed by atoms with Gasteiger partial charge in [-0.15, -0.1) is 0 Å². The molecule has 2 atom stereocenters. The van der Waals surface area contributed by atoms with E-state index in [0.717, 1.165) is 9.21 Å². The second kappa shape index (κ2) is 9.27. The number of ketones is 2. The summed E-state index contributed by atoms with van der Waals surface area (Å²) in [6, 6.07) is 8.09. The lowest BCUT2D eigenvalue weighted by Gasteiger charge is -2.27. The normalized spacial score (nSPS) is 19.2. The molecule has 1 aliphatic rings. The van der Waals surface area contributed by atoms with Gasteiger partial charge >= 0.3 is 0 Å². The first-order chi connectivity index (χ1) is 15.1. The Kier molecular flexibility index (Phi) is 6.87. The Morgan fingerprint density at radius 1 is 1.12 bits per heavy atom. The van der Waals surface area contributed by atoms with Gasteiger partial charge in [0, 0.05) is 32.1 Å². The molecule has 170 valence electrons. The maximum Gasteiger partial charge on any atom is 0.291 e. The molecule has 2 aromatic rings. The highest BCUT2D eigenvalue weighted by Gasteiger charge is 2.51. The number of quaternary nitrogens is 1. The average Bonchev–Trinajstić information content (AvgIpc) is 3.02. The summed E-state index contributed by atoms with van der Waals surface area (Å²) in [5, 5.41) is 0. The topological polar surface area (TPSA) is 109 Å². The monoisotopic (exact) mass is 459 g/mol. The number of nitrogens with one attached hydrogen (secondary N) is 1. The smallest absolute Gasteiger partial charge is 0.291 e. The lowest BCUT2D eigenvalue weighted by atomic mass is 9.87. The van der Waals surface area contributed by atoms with Crippen molar-refractivity contribution in [1.29, 1.82) is 0 Å². The molecular weight excluding hydrogens is 432 g/mol. The minimum atomic E-state index is -3.65. The molecule has 3 rings (SSSR count). The zero-order chi connectivity index (χ0) is 23.6. The fourth-order valence-electron chi connectivity index (χ4n) is 3.68. The number of pyridine rings is 1. The molecule has 0 saturated carbocycles. The lowest BCUT2D eigenvalue weighted by molar-refractivity contribution is -0.857. The van der Waals surface area contributed by atoms with Crippen molar-refractivity contribution in [1.82, 2.24) is 14.2 Å². The number of likely N-dealkylation sites (N-methyl/N-ethyl adjacent to an activating group) is 1. The molecule has 1 N–H and O–H groups in total. The Balaban J connectivity index is 1.99. The van der Waals surface area contributed by atoms with Crippen LogP contribution in [-0.4, -0.2) is 81.4 Å². The fraction of sp³-hybridized carbons (Fsp3) is 0.364. The third-order valence-electron chi connectivity index (χ3n) is 5.48. The summed E-state index contributed by atoms with van der Waals surface area (Å²) in [6.07, 6.45) is 3.14. The van der Waals surface area contributed by atoms with Crippen LogP contribution in [0.5, 0.6) is 0 Å². The Morgan fingerprint density at radius 3 is 2.31 bits per heavy atom. The van der Waals surface area contributed by atoms with Gasteiger partial charge < -0.3 is 9.80 Å². The second-order valence-electron chi connectivity index (χ2n) is 8.20. The van der Waals surface area contributed by atoms with Crippen LogP contribution in [0.25, 0.3) is 0 Å². The van der Waals surface area contributed by atoms with Crippen LogP contribution in [0.4, 0.5) is 0 Å².